The maximum atomic E-state index is 13.4. The lowest BCUT2D eigenvalue weighted by Gasteiger charge is -2.26. The number of hydrogen-bond donors (Lipinski definition) is 1. The highest BCUT2D eigenvalue weighted by Gasteiger charge is 2.22. The molecule has 0 heterocycles. The lowest BCUT2D eigenvalue weighted by molar-refractivity contribution is -0.117. The third-order valence-corrected chi connectivity index (χ3v) is 5.38. The molecule has 0 fully saturated rings. The summed E-state index contributed by atoms with van der Waals surface area (Å²) < 4.78 is 13.4. The van der Waals surface area contributed by atoms with E-state index in [4.69, 9.17) is 0 Å². The van der Waals surface area contributed by atoms with Crippen molar-refractivity contribution >= 4 is 11.6 Å². The second-order valence-electron chi connectivity index (χ2n) is 9.17. The van der Waals surface area contributed by atoms with Crippen LogP contribution < -0.4 is 5.32 Å². The van der Waals surface area contributed by atoms with Crippen LogP contribution in [0.1, 0.15) is 67.3 Å². The molecule has 0 spiro atoms. The van der Waals surface area contributed by atoms with E-state index in [1.807, 2.05) is 6.07 Å². The van der Waals surface area contributed by atoms with Crippen molar-refractivity contribution in [2.24, 2.45) is 5.41 Å². The van der Waals surface area contributed by atoms with Crippen molar-refractivity contribution in [2.45, 2.75) is 66.2 Å². The SMILES string of the molecule is Cc1cc(C2CCc3cc(F)ccc3C2)cc(C)c1NC(=O)CC(C)(C)C. The van der Waals surface area contributed by atoms with E-state index in [0.717, 1.165) is 41.6 Å². The number of hydrogen-bond acceptors (Lipinski definition) is 1. The Bertz CT molecular complexity index is 840. The van der Waals surface area contributed by atoms with E-state index >= 15 is 0 Å². The van der Waals surface area contributed by atoms with Gasteiger partial charge in [-0.25, -0.2) is 4.39 Å². The third-order valence-electron chi connectivity index (χ3n) is 5.38. The smallest absolute Gasteiger partial charge is 0.224 e. The van der Waals surface area contributed by atoms with Gasteiger partial charge in [-0.3, -0.25) is 4.79 Å². The van der Waals surface area contributed by atoms with E-state index in [1.54, 1.807) is 12.1 Å². The van der Waals surface area contributed by atoms with Crippen LogP contribution in [0.15, 0.2) is 30.3 Å². The molecule has 1 aliphatic rings. The van der Waals surface area contributed by atoms with Gasteiger partial charge in [-0.1, -0.05) is 39.0 Å². The molecule has 0 saturated heterocycles. The van der Waals surface area contributed by atoms with Crippen LogP contribution in [0.3, 0.4) is 0 Å². The molecule has 2 aromatic carbocycles. The molecule has 1 unspecified atom stereocenters. The van der Waals surface area contributed by atoms with Gasteiger partial charge in [0.2, 0.25) is 5.91 Å². The normalized spacial score (nSPS) is 16.7. The van der Waals surface area contributed by atoms with Crippen LogP contribution in [0.5, 0.6) is 0 Å². The van der Waals surface area contributed by atoms with Crippen LogP contribution in [0.2, 0.25) is 0 Å². The molecule has 0 saturated carbocycles. The Kier molecular flexibility index (Phi) is 5.41. The lowest BCUT2D eigenvalue weighted by atomic mass is 9.79. The highest BCUT2D eigenvalue weighted by atomic mass is 19.1. The molecule has 3 rings (SSSR count). The first-order valence-electron chi connectivity index (χ1n) is 9.81. The summed E-state index contributed by atoms with van der Waals surface area (Å²) in [6.07, 6.45) is 3.40. The minimum Gasteiger partial charge on any atom is -0.326 e. The van der Waals surface area contributed by atoms with Crippen molar-refractivity contribution in [3.63, 3.8) is 0 Å². The van der Waals surface area contributed by atoms with Crippen molar-refractivity contribution in [1.82, 2.24) is 0 Å². The zero-order valence-corrected chi connectivity index (χ0v) is 17.1. The molecule has 2 nitrogen and oxygen atoms in total. The summed E-state index contributed by atoms with van der Waals surface area (Å²) in [6, 6.07) is 9.58. The van der Waals surface area contributed by atoms with Gasteiger partial charge in [-0.2, -0.15) is 0 Å². The number of benzene rings is 2. The van der Waals surface area contributed by atoms with Crippen molar-refractivity contribution in [1.29, 1.82) is 0 Å². The number of anilines is 1. The molecular formula is C24H30FNO. The zero-order valence-electron chi connectivity index (χ0n) is 17.1. The minimum absolute atomic E-state index is 0.0270. The Balaban J connectivity index is 1.79. The Morgan fingerprint density at radius 1 is 1.11 bits per heavy atom. The highest BCUT2D eigenvalue weighted by Crippen LogP contribution is 2.35. The Labute approximate surface area is 162 Å². The Morgan fingerprint density at radius 2 is 1.78 bits per heavy atom. The summed E-state index contributed by atoms with van der Waals surface area (Å²) in [5.74, 6) is 0.365. The molecule has 27 heavy (non-hydrogen) atoms. The number of carbonyl (C=O) groups excluding carboxylic acids is 1. The minimum atomic E-state index is -0.144. The first-order chi connectivity index (χ1) is 12.6. The van der Waals surface area contributed by atoms with E-state index in [9.17, 15) is 9.18 Å². The Hall–Kier alpha value is -2.16. The van der Waals surface area contributed by atoms with Gasteiger partial charge in [0.05, 0.1) is 0 Å². The number of fused-ring (bicyclic) bond motifs is 1. The van der Waals surface area contributed by atoms with Gasteiger partial charge < -0.3 is 5.32 Å². The summed E-state index contributed by atoms with van der Waals surface area (Å²) in [6.45, 7) is 10.3. The van der Waals surface area contributed by atoms with Crippen LogP contribution in [-0.2, 0) is 17.6 Å². The molecule has 3 heteroatoms. The lowest BCUT2D eigenvalue weighted by Crippen LogP contribution is -2.21. The monoisotopic (exact) mass is 367 g/mol. The standard InChI is InChI=1S/C24H30FNO/c1-15-10-20(11-16(2)23(15)26-22(27)14-24(3,4)5)18-6-7-19-13-21(25)9-8-17(19)12-18/h8-11,13,18H,6-7,12,14H2,1-5H3,(H,26,27). The van der Waals surface area contributed by atoms with E-state index in [1.165, 1.54) is 11.1 Å². The van der Waals surface area contributed by atoms with Crippen molar-refractivity contribution in [3.8, 4) is 0 Å². The molecule has 1 atom stereocenters. The van der Waals surface area contributed by atoms with Crippen LogP contribution >= 0.6 is 0 Å². The maximum absolute atomic E-state index is 13.4. The summed E-state index contributed by atoms with van der Waals surface area (Å²) in [7, 11) is 0. The fourth-order valence-electron chi connectivity index (χ4n) is 4.10. The highest BCUT2D eigenvalue weighted by molar-refractivity contribution is 5.92. The van der Waals surface area contributed by atoms with Gasteiger partial charge in [0, 0.05) is 12.1 Å². The molecule has 0 bridgehead atoms. The van der Waals surface area contributed by atoms with Gasteiger partial charge >= 0.3 is 0 Å². The molecule has 0 radical (unpaired) electrons. The summed E-state index contributed by atoms with van der Waals surface area (Å²) in [5, 5.41) is 3.11. The number of halogens is 1. The second-order valence-corrected chi connectivity index (χ2v) is 9.17. The number of carbonyl (C=O) groups is 1. The van der Waals surface area contributed by atoms with Crippen molar-refractivity contribution in [3.05, 3.63) is 64.0 Å². The van der Waals surface area contributed by atoms with E-state index in [2.05, 4.69) is 52.1 Å². The second kappa shape index (κ2) is 7.46. The first-order valence-corrected chi connectivity index (χ1v) is 9.81. The van der Waals surface area contributed by atoms with Crippen molar-refractivity contribution in [2.75, 3.05) is 5.32 Å². The summed E-state index contributed by atoms with van der Waals surface area (Å²) >= 11 is 0. The first kappa shape index (κ1) is 19.6. The molecule has 0 aromatic heterocycles. The van der Waals surface area contributed by atoms with Crippen LogP contribution in [-0.4, -0.2) is 5.91 Å². The molecule has 1 aliphatic carbocycles. The van der Waals surface area contributed by atoms with E-state index < -0.39 is 0 Å². The van der Waals surface area contributed by atoms with Crippen LogP contribution in [0.4, 0.5) is 10.1 Å². The van der Waals surface area contributed by atoms with E-state index in [-0.39, 0.29) is 17.1 Å². The van der Waals surface area contributed by atoms with Gasteiger partial charge in [0.25, 0.3) is 0 Å². The Morgan fingerprint density at radius 3 is 2.41 bits per heavy atom. The predicted molar refractivity (Wildman–Crippen MR) is 110 cm³/mol. The molecule has 1 amide bonds. The summed E-state index contributed by atoms with van der Waals surface area (Å²) in [4.78, 5) is 12.3. The number of aryl methyl sites for hydroxylation is 3. The van der Waals surface area contributed by atoms with Crippen molar-refractivity contribution < 1.29 is 9.18 Å². The van der Waals surface area contributed by atoms with Crippen LogP contribution in [0, 0.1) is 25.1 Å². The van der Waals surface area contributed by atoms with Gasteiger partial charge in [-0.05, 0) is 84.4 Å². The van der Waals surface area contributed by atoms with E-state index in [0.29, 0.717) is 12.3 Å². The average molecular weight is 368 g/mol. The maximum Gasteiger partial charge on any atom is 0.224 e. The molecule has 0 aliphatic heterocycles. The topological polar surface area (TPSA) is 29.1 Å². The number of amides is 1. The summed E-state index contributed by atoms with van der Waals surface area (Å²) in [5.41, 5.74) is 6.84. The molecular weight excluding hydrogens is 337 g/mol. The largest absolute Gasteiger partial charge is 0.326 e. The fourth-order valence-corrected chi connectivity index (χ4v) is 4.10. The van der Waals surface area contributed by atoms with Gasteiger partial charge in [0.1, 0.15) is 5.82 Å². The molecule has 1 N–H and O–H groups in total. The van der Waals surface area contributed by atoms with Gasteiger partial charge in [0.15, 0.2) is 0 Å². The molecule has 144 valence electrons. The van der Waals surface area contributed by atoms with Gasteiger partial charge in [-0.15, -0.1) is 0 Å². The predicted octanol–water partition coefficient (Wildman–Crippen LogP) is 6.09. The number of rotatable bonds is 3. The fraction of sp³-hybridized carbons (Fsp3) is 0.458. The zero-order chi connectivity index (χ0) is 19.8. The third kappa shape index (κ3) is 4.77. The number of nitrogens with one attached hydrogen (secondary N) is 1. The average Bonchev–Trinajstić information content (AvgIpc) is 2.56. The molecule has 2 aromatic rings. The quantitative estimate of drug-likeness (QED) is 0.699. The van der Waals surface area contributed by atoms with Crippen LogP contribution in [0.25, 0.3) is 0 Å².